The van der Waals surface area contributed by atoms with Crippen molar-refractivity contribution >= 4 is 18.0 Å². The average molecular weight is 404 g/mol. The molecule has 0 saturated carbocycles. The van der Waals surface area contributed by atoms with Crippen LogP contribution in [-0.4, -0.2) is 36.7 Å². The molecule has 2 heterocycles. The second-order valence-electron chi connectivity index (χ2n) is 6.41. The molecule has 146 valence electrons. The van der Waals surface area contributed by atoms with Crippen molar-refractivity contribution in [2.24, 2.45) is 12.1 Å². The quantitative estimate of drug-likeness (QED) is 0.378. The first-order chi connectivity index (χ1) is 14.1. The lowest BCUT2D eigenvalue weighted by Crippen LogP contribution is -2.20. The zero-order valence-corrected chi connectivity index (χ0v) is 17.2. The monoisotopic (exact) mass is 404 g/mol. The molecule has 0 saturated heterocycles. The summed E-state index contributed by atoms with van der Waals surface area (Å²) in [7, 11) is 1.86. The van der Waals surface area contributed by atoms with Gasteiger partial charge in [0.2, 0.25) is 5.16 Å². The summed E-state index contributed by atoms with van der Waals surface area (Å²) in [5, 5.41) is 13.7. The maximum atomic E-state index is 13.1. The fourth-order valence-electron chi connectivity index (χ4n) is 3.12. The lowest BCUT2D eigenvalue weighted by atomic mass is 10.2. The molecule has 2 aromatic heterocycles. The number of para-hydroxylation sites is 1. The van der Waals surface area contributed by atoms with Crippen molar-refractivity contribution in [3.8, 4) is 17.1 Å². The highest BCUT2D eigenvalue weighted by Gasteiger charge is 2.16. The van der Waals surface area contributed by atoms with E-state index in [0.29, 0.717) is 16.5 Å². The molecule has 7 nitrogen and oxygen atoms in total. The molecule has 29 heavy (non-hydrogen) atoms. The number of hydrogen-bond acceptors (Lipinski definition) is 5. The Morgan fingerprint density at radius 1 is 1.00 bits per heavy atom. The second-order valence-corrected chi connectivity index (χ2v) is 7.18. The van der Waals surface area contributed by atoms with Crippen LogP contribution in [0.15, 0.2) is 75.7 Å². The predicted octanol–water partition coefficient (Wildman–Crippen LogP) is 3.35. The summed E-state index contributed by atoms with van der Waals surface area (Å²) in [6, 6.07) is 19.3. The number of aromatic nitrogens is 5. The Kier molecular flexibility index (Phi) is 5.18. The molecule has 2 aromatic carbocycles. The van der Waals surface area contributed by atoms with Gasteiger partial charge in [0, 0.05) is 18.3 Å². The van der Waals surface area contributed by atoms with Crippen LogP contribution in [0.1, 0.15) is 11.3 Å². The first kappa shape index (κ1) is 18.9. The van der Waals surface area contributed by atoms with Crippen LogP contribution < -0.4 is 5.56 Å². The van der Waals surface area contributed by atoms with Crippen LogP contribution in [0.2, 0.25) is 0 Å². The standard InChI is InChI=1S/C21H20N6OS/c1-15-18(20(28)27(25(15)2)17-12-8-5-9-13-17)14-22-26-19(23-24-21(26)29-3)16-10-6-4-7-11-16/h4-14H,1-3H3. The van der Waals surface area contributed by atoms with Gasteiger partial charge in [-0.15, -0.1) is 10.2 Å². The molecule has 0 amide bonds. The summed E-state index contributed by atoms with van der Waals surface area (Å²) in [4.78, 5) is 13.1. The van der Waals surface area contributed by atoms with Crippen LogP contribution in [0.25, 0.3) is 17.1 Å². The summed E-state index contributed by atoms with van der Waals surface area (Å²) in [6.45, 7) is 1.90. The fourth-order valence-corrected chi connectivity index (χ4v) is 3.55. The van der Waals surface area contributed by atoms with Gasteiger partial charge in [-0.2, -0.15) is 9.78 Å². The van der Waals surface area contributed by atoms with Crippen molar-refractivity contribution < 1.29 is 0 Å². The third kappa shape index (κ3) is 3.42. The first-order valence-corrected chi connectivity index (χ1v) is 10.3. The van der Waals surface area contributed by atoms with Gasteiger partial charge in [-0.3, -0.25) is 9.48 Å². The van der Waals surface area contributed by atoms with E-state index in [1.807, 2.05) is 85.6 Å². The zero-order chi connectivity index (χ0) is 20.4. The van der Waals surface area contributed by atoms with E-state index in [0.717, 1.165) is 16.9 Å². The van der Waals surface area contributed by atoms with Crippen LogP contribution in [-0.2, 0) is 7.05 Å². The Bertz CT molecular complexity index is 1220. The van der Waals surface area contributed by atoms with E-state index in [1.54, 1.807) is 15.6 Å². The Labute approximate surface area is 172 Å². The minimum absolute atomic E-state index is 0.125. The normalized spacial score (nSPS) is 11.4. The van der Waals surface area contributed by atoms with Crippen LogP contribution >= 0.6 is 11.8 Å². The average Bonchev–Trinajstić information content (AvgIpc) is 3.26. The van der Waals surface area contributed by atoms with Crippen molar-refractivity contribution in [2.45, 2.75) is 12.1 Å². The van der Waals surface area contributed by atoms with Gasteiger partial charge in [0.1, 0.15) is 0 Å². The van der Waals surface area contributed by atoms with Gasteiger partial charge in [0.25, 0.3) is 5.56 Å². The van der Waals surface area contributed by atoms with Gasteiger partial charge in [-0.1, -0.05) is 60.3 Å². The lowest BCUT2D eigenvalue weighted by molar-refractivity contribution is 0.630. The first-order valence-electron chi connectivity index (χ1n) is 9.05. The molecule has 0 radical (unpaired) electrons. The van der Waals surface area contributed by atoms with E-state index in [2.05, 4.69) is 15.3 Å². The molecule has 0 aliphatic rings. The molecular formula is C21H20N6OS. The molecule has 0 bridgehead atoms. The summed E-state index contributed by atoms with van der Waals surface area (Å²) in [5.74, 6) is 0.628. The molecule has 8 heteroatoms. The molecule has 0 spiro atoms. The van der Waals surface area contributed by atoms with E-state index in [-0.39, 0.29) is 5.56 Å². The number of rotatable bonds is 5. The number of nitrogens with zero attached hydrogens (tertiary/aromatic N) is 6. The van der Waals surface area contributed by atoms with Crippen molar-refractivity contribution in [2.75, 3.05) is 6.26 Å². The topological polar surface area (TPSA) is 70.0 Å². The molecule has 4 rings (SSSR count). The van der Waals surface area contributed by atoms with Gasteiger partial charge in [-0.25, -0.2) is 4.68 Å². The summed E-state index contributed by atoms with van der Waals surface area (Å²) >= 11 is 1.45. The summed E-state index contributed by atoms with van der Waals surface area (Å²) < 4.78 is 5.13. The molecule has 4 aromatic rings. The maximum Gasteiger partial charge on any atom is 0.280 e. The number of hydrogen-bond donors (Lipinski definition) is 0. The zero-order valence-electron chi connectivity index (χ0n) is 16.4. The minimum atomic E-state index is -0.125. The predicted molar refractivity (Wildman–Crippen MR) is 116 cm³/mol. The summed E-state index contributed by atoms with van der Waals surface area (Å²) in [5.41, 5.74) is 2.93. The molecule has 0 aliphatic carbocycles. The third-order valence-corrected chi connectivity index (χ3v) is 5.35. The highest BCUT2D eigenvalue weighted by Crippen LogP contribution is 2.22. The minimum Gasteiger partial charge on any atom is -0.285 e. The molecule has 0 N–H and O–H groups in total. The van der Waals surface area contributed by atoms with Gasteiger partial charge < -0.3 is 0 Å². The van der Waals surface area contributed by atoms with Crippen LogP contribution in [0, 0.1) is 6.92 Å². The van der Waals surface area contributed by atoms with E-state index in [4.69, 9.17) is 0 Å². The lowest BCUT2D eigenvalue weighted by Gasteiger charge is -2.07. The summed E-state index contributed by atoms with van der Waals surface area (Å²) in [6.07, 6.45) is 3.51. The van der Waals surface area contributed by atoms with E-state index < -0.39 is 0 Å². The SMILES string of the molecule is CSc1nnc(-c2ccccc2)n1N=Cc1c(C)n(C)n(-c2ccccc2)c1=O. The van der Waals surface area contributed by atoms with Crippen molar-refractivity contribution in [3.63, 3.8) is 0 Å². The van der Waals surface area contributed by atoms with Crippen LogP contribution in [0.3, 0.4) is 0 Å². The Morgan fingerprint density at radius 3 is 2.31 bits per heavy atom. The van der Waals surface area contributed by atoms with Crippen LogP contribution in [0.5, 0.6) is 0 Å². The molecule has 0 unspecified atom stereocenters. The van der Waals surface area contributed by atoms with Gasteiger partial charge in [-0.05, 0) is 25.3 Å². The maximum absolute atomic E-state index is 13.1. The van der Waals surface area contributed by atoms with Crippen molar-refractivity contribution in [1.29, 1.82) is 0 Å². The van der Waals surface area contributed by atoms with Crippen molar-refractivity contribution in [3.05, 3.63) is 82.3 Å². The molecular weight excluding hydrogens is 384 g/mol. The van der Waals surface area contributed by atoms with Gasteiger partial charge in [0.05, 0.1) is 17.5 Å². The molecule has 0 fully saturated rings. The van der Waals surface area contributed by atoms with E-state index in [1.165, 1.54) is 11.8 Å². The number of benzene rings is 2. The van der Waals surface area contributed by atoms with Gasteiger partial charge >= 0.3 is 0 Å². The van der Waals surface area contributed by atoms with E-state index in [9.17, 15) is 4.79 Å². The highest BCUT2D eigenvalue weighted by atomic mass is 32.2. The van der Waals surface area contributed by atoms with Crippen LogP contribution in [0.4, 0.5) is 0 Å². The smallest absolute Gasteiger partial charge is 0.280 e. The third-order valence-electron chi connectivity index (χ3n) is 4.73. The second kappa shape index (κ2) is 7.92. The fraction of sp³-hybridized carbons (Fsp3) is 0.143. The Balaban J connectivity index is 1.80. The molecule has 0 aliphatic heterocycles. The molecule has 0 atom stereocenters. The van der Waals surface area contributed by atoms with Gasteiger partial charge in [0.15, 0.2) is 5.82 Å². The Hall–Kier alpha value is -3.39. The Morgan fingerprint density at radius 2 is 1.66 bits per heavy atom. The van der Waals surface area contributed by atoms with Crippen molar-refractivity contribution in [1.82, 2.24) is 24.2 Å². The highest BCUT2D eigenvalue weighted by molar-refractivity contribution is 7.98. The number of thioether (sulfide) groups is 1. The largest absolute Gasteiger partial charge is 0.285 e. The van der Waals surface area contributed by atoms with E-state index >= 15 is 0 Å².